The molecule has 2 aliphatic rings. The van der Waals surface area contributed by atoms with Gasteiger partial charge >= 0.3 is 11.9 Å². The quantitative estimate of drug-likeness (QED) is 0.198. The third-order valence-corrected chi connectivity index (χ3v) is 5.96. The third kappa shape index (κ3) is 7.31. The fraction of sp³-hybridized carbons (Fsp3) is 0.310. The van der Waals surface area contributed by atoms with E-state index in [9.17, 15) is 9.59 Å². The lowest BCUT2D eigenvalue weighted by atomic mass is 10.2. The second-order valence-electron chi connectivity index (χ2n) is 8.94. The zero-order valence-corrected chi connectivity index (χ0v) is 20.5. The van der Waals surface area contributed by atoms with Crippen molar-refractivity contribution >= 4 is 11.9 Å². The molecule has 2 atom stereocenters. The monoisotopic (exact) mass is 504 g/mol. The Morgan fingerprint density at radius 1 is 0.703 bits per heavy atom. The van der Waals surface area contributed by atoms with E-state index in [0.717, 1.165) is 26.1 Å². The van der Waals surface area contributed by atoms with E-state index in [1.54, 1.807) is 73.7 Å². The van der Waals surface area contributed by atoms with Gasteiger partial charge in [-0.05, 0) is 79.2 Å². The molecule has 0 radical (unpaired) electrons. The summed E-state index contributed by atoms with van der Waals surface area (Å²) in [5.41, 5.74) is 1.46. The fourth-order valence-corrected chi connectivity index (χ4v) is 3.59. The van der Waals surface area contributed by atoms with E-state index in [1.165, 1.54) is 0 Å². The number of rotatable bonds is 12. The lowest BCUT2D eigenvalue weighted by molar-refractivity contribution is 0.0718. The van der Waals surface area contributed by atoms with E-state index in [4.69, 9.17) is 28.4 Å². The number of benzene rings is 3. The Hall–Kier alpha value is -3.88. The molecule has 37 heavy (non-hydrogen) atoms. The van der Waals surface area contributed by atoms with Gasteiger partial charge in [-0.25, -0.2) is 9.59 Å². The van der Waals surface area contributed by atoms with Gasteiger partial charge in [0, 0.05) is 12.8 Å². The predicted molar refractivity (Wildman–Crippen MR) is 134 cm³/mol. The molecule has 192 valence electrons. The van der Waals surface area contributed by atoms with Crippen LogP contribution in [-0.2, 0) is 9.47 Å². The first kappa shape index (κ1) is 24.8. The van der Waals surface area contributed by atoms with Crippen molar-refractivity contribution in [2.45, 2.75) is 32.0 Å². The minimum Gasteiger partial charge on any atom is -0.493 e. The summed E-state index contributed by atoms with van der Waals surface area (Å²) < 4.78 is 32.7. The van der Waals surface area contributed by atoms with Gasteiger partial charge in [-0.2, -0.15) is 0 Å². The zero-order valence-electron chi connectivity index (χ0n) is 20.5. The lowest BCUT2D eigenvalue weighted by Gasteiger charge is -2.11. The van der Waals surface area contributed by atoms with Gasteiger partial charge in [0.05, 0.1) is 49.8 Å². The van der Waals surface area contributed by atoms with Crippen molar-refractivity contribution in [3.63, 3.8) is 0 Å². The number of hydrogen-bond donors (Lipinski definition) is 0. The van der Waals surface area contributed by atoms with E-state index in [-0.39, 0.29) is 0 Å². The van der Waals surface area contributed by atoms with Gasteiger partial charge in [0.2, 0.25) is 0 Å². The summed E-state index contributed by atoms with van der Waals surface area (Å²) in [5.74, 6) is 1.13. The first-order valence-electron chi connectivity index (χ1n) is 12.3. The molecule has 3 aromatic carbocycles. The minimum atomic E-state index is -0.492. The van der Waals surface area contributed by atoms with E-state index in [0.29, 0.717) is 65.1 Å². The fourth-order valence-electron chi connectivity index (χ4n) is 3.59. The lowest BCUT2D eigenvalue weighted by Crippen LogP contribution is -2.11. The minimum absolute atomic E-state index is 0.316. The number of hydrogen-bond acceptors (Lipinski definition) is 8. The van der Waals surface area contributed by atoms with Crippen molar-refractivity contribution in [3.8, 4) is 23.0 Å². The van der Waals surface area contributed by atoms with Crippen LogP contribution in [0.3, 0.4) is 0 Å². The maximum Gasteiger partial charge on any atom is 0.343 e. The Kier molecular flexibility index (Phi) is 7.67. The van der Waals surface area contributed by atoms with E-state index in [1.807, 2.05) is 0 Å². The number of epoxide rings is 2. The van der Waals surface area contributed by atoms with Gasteiger partial charge in [-0.15, -0.1) is 0 Å². The summed E-state index contributed by atoms with van der Waals surface area (Å²) in [7, 11) is 0. The largest absolute Gasteiger partial charge is 0.493 e. The highest BCUT2D eigenvalue weighted by molar-refractivity contribution is 5.92. The van der Waals surface area contributed by atoms with Crippen molar-refractivity contribution in [2.75, 3.05) is 26.4 Å². The topological polar surface area (TPSA) is 96.1 Å². The summed E-state index contributed by atoms with van der Waals surface area (Å²) in [6.07, 6.45) is 2.34. The Balaban J connectivity index is 1.11. The highest BCUT2D eigenvalue weighted by Crippen LogP contribution is 2.26. The highest BCUT2D eigenvalue weighted by atomic mass is 16.6. The van der Waals surface area contributed by atoms with Gasteiger partial charge in [-0.3, -0.25) is 0 Å². The van der Waals surface area contributed by atoms with Crippen LogP contribution in [0, 0.1) is 6.92 Å². The van der Waals surface area contributed by atoms with Crippen molar-refractivity contribution < 1.29 is 38.0 Å². The van der Waals surface area contributed by atoms with Crippen LogP contribution >= 0.6 is 0 Å². The molecular weight excluding hydrogens is 476 g/mol. The van der Waals surface area contributed by atoms with E-state index >= 15 is 0 Å². The molecule has 0 N–H and O–H groups in total. The molecule has 0 amide bonds. The maximum atomic E-state index is 12.6. The molecule has 2 aliphatic heterocycles. The molecule has 2 heterocycles. The molecule has 5 rings (SSSR count). The van der Waals surface area contributed by atoms with Crippen molar-refractivity contribution in [3.05, 3.63) is 83.4 Å². The SMILES string of the molecule is Cc1cc(OC(=O)c2ccc(OCCC3CO3)cc2)ccc1OC(=O)c1ccc(OCCC2CO2)cc1. The van der Waals surface area contributed by atoms with Gasteiger partial charge in [0.15, 0.2) is 0 Å². The standard InChI is InChI=1S/C29H28O8/c1-19-16-24(36-28(30)20-2-6-22(7-3-20)32-14-12-25-17-34-25)10-11-27(19)37-29(31)21-4-8-23(9-5-21)33-15-13-26-18-35-26/h2-11,16,25-26H,12-15,17-18H2,1H3. The van der Waals surface area contributed by atoms with Crippen LogP contribution in [-0.4, -0.2) is 50.6 Å². The van der Waals surface area contributed by atoms with E-state index in [2.05, 4.69) is 0 Å². The molecule has 0 bridgehead atoms. The third-order valence-electron chi connectivity index (χ3n) is 5.96. The second kappa shape index (κ2) is 11.5. The summed E-state index contributed by atoms with van der Waals surface area (Å²) in [4.78, 5) is 25.1. The first-order valence-corrected chi connectivity index (χ1v) is 12.3. The van der Waals surface area contributed by atoms with Crippen molar-refractivity contribution in [1.82, 2.24) is 0 Å². The average molecular weight is 505 g/mol. The Morgan fingerprint density at radius 3 is 1.62 bits per heavy atom. The van der Waals surface area contributed by atoms with Crippen LogP contribution in [0.1, 0.15) is 39.1 Å². The maximum absolute atomic E-state index is 12.6. The summed E-state index contributed by atoms with van der Waals surface area (Å²) >= 11 is 0. The van der Waals surface area contributed by atoms with Crippen molar-refractivity contribution in [1.29, 1.82) is 0 Å². The number of carbonyl (C=O) groups excluding carboxylic acids is 2. The predicted octanol–water partition coefficient (Wildman–Crippen LogP) is 4.77. The van der Waals surface area contributed by atoms with Crippen LogP contribution in [0.15, 0.2) is 66.7 Å². The summed E-state index contributed by atoms with van der Waals surface area (Å²) in [6, 6.07) is 18.4. The zero-order chi connectivity index (χ0) is 25.6. The van der Waals surface area contributed by atoms with Gasteiger partial charge in [0.1, 0.15) is 23.0 Å². The van der Waals surface area contributed by atoms with Crippen LogP contribution in [0.4, 0.5) is 0 Å². The number of aryl methyl sites for hydroxylation is 1. The molecular formula is C29H28O8. The molecule has 3 aromatic rings. The molecule has 2 unspecified atom stereocenters. The Morgan fingerprint density at radius 2 is 1.16 bits per heavy atom. The molecule has 8 heteroatoms. The molecule has 0 spiro atoms. The van der Waals surface area contributed by atoms with Crippen LogP contribution < -0.4 is 18.9 Å². The Bertz CT molecular complexity index is 1230. The highest BCUT2D eigenvalue weighted by Gasteiger charge is 2.22. The normalized spacial score (nSPS) is 17.5. The average Bonchev–Trinajstić information content (AvgIpc) is 3.83. The second-order valence-corrected chi connectivity index (χ2v) is 8.94. The Labute approximate surface area is 215 Å². The molecule has 0 aliphatic carbocycles. The number of esters is 2. The van der Waals surface area contributed by atoms with Gasteiger partial charge < -0.3 is 28.4 Å². The number of carbonyl (C=O) groups is 2. The smallest absolute Gasteiger partial charge is 0.343 e. The van der Waals surface area contributed by atoms with Gasteiger partial charge in [0.25, 0.3) is 0 Å². The molecule has 0 aromatic heterocycles. The molecule has 2 saturated heterocycles. The van der Waals surface area contributed by atoms with Gasteiger partial charge in [-0.1, -0.05) is 0 Å². The summed E-state index contributed by atoms with van der Waals surface area (Å²) in [5, 5.41) is 0. The molecule has 8 nitrogen and oxygen atoms in total. The number of ether oxygens (including phenoxy) is 6. The first-order chi connectivity index (χ1) is 18.0. The van der Waals surface area contributed by atoms with Crippen LogP contribution in [0.25, 0.3) is 0 Å². The molecule has 0 saturated carbocycles. The molecule has 2 fully saturated rings. The van der Waals surface area contributed by atoms with Crippen LogP contribution in [0.2, 0.25) is 0 Å². The van der Waals surface area contributed by atoms with Crippen LogP contribution in [0.5, 0.6) is 23.0 Å². The summed E-state index contributed by atoms with van der Waals surface area (Å²) in [6.45, 7) is 4.52. The van der Waals surface area contributed by atoms with Crippen molar-refractivity contribution in [2.24, 2.45) is 0 Å². The van der Waals surface area contributed by atoms with E-state index < -0.39 is 11.9 Å².